The van der Waals surface area contributed by atoms with Gasteiger partial charge in [-0.3, -0.25) is 4.79 Å². The van der Waals surface area contributed by atoms with E-state index in [0.717, 1.165) is 30.8 Å². The number of rotatable bonds is 7. The van der Waals surface area contributed by atoms with Gasteiger partial charge in [0.1, 0.15) is 24.4 Å². The maximum Gasteiger partial charge on any atom is 0.247 e. The van der Waals surface area contributed by atoms with Crippen molar-refractivity contribution >= 4 is 5.91 Å². The second kappa shape index (κ2) is 8.11. The molecule has 1 aliphatic rings. The lowest BCUT2D eigenvalue weighted by Crippen LogP contribution is -2.40. The smallest absolute Gasteiger partial charge is 0.247 e. The number of aromatic nitrogens is 3. The van der Waals surface area contributed by atoms with Crippen molar-refractivity contribution in [3.63, 3.8) is 0 Å². The second-order valence-electron chi connectivity index (χ2n) is 6.22. The quantitative estimate of drug-likeness (QED) is 0.769. The molecule has 2 heterocycles. The summed E-state index contributed by atoms with van der Waals surface area (Å²) in [4.78, 5) is 18.8. The molecule has 0 spiro atoms. The van der Waals surface area contributed by atoms with E-state index in [1.807, 2.05) is 36.1 Å². The van der Waals surface area contributed by atoms with Crippen LogP contribution in [0, 0.1) is 0 Å². The van der Waals surface area contributed by atoms with Crippen molar-refractivity contribution in [3.8, 4) is 5.75 Å². The Morgan fingerprint density at radius 2 is 2.32 bits per heavy atom. The van der Waals surface area contributed by atoms with E-state index < -0.39 is 6.04 Å². The van der Waals surface area contributed by atoms with E-state index in [-0.39, 0.29) is 12.0 Å². The maximum absolute atomic E-state index is 13.1. The molecule has 1 aromatic heterocycles. The molecule has 0 N–H and O–H groups in total. The monoisotopic (exact) mass is 344 g/mol. The minimum atomic E-state index is -0.418. The summed E-state index contributed by atoms with van der Waals surface area (Å²) in [6.07, 6.45) is 5.11. The lowest BCUT2D eigenvalue weighted by molar-refractivity contribution is -0.136. The zero-order chi connectivity index (χ0) is 17.6. The summed E-state index contributed by atoms with van der Waals surface area (Å²) in [5, 5.41) is 4.09. The number of benzene rings is 1. The van der Waals surface area contributed by atoms with Crippen LogP contribution >= 0.6 is 0 Å². The molecule has 7 nitrogen and oxygen atoms in total. The number of hydrogen-bond donors (Lipinski definition) is 0. The predicted molar refractivity (Wildman–Crippen MR) is 92.1 cm³/mol. The SMILES string of the molecule is COc1ccccc1CN(C[C@@H]1CCCO1)C(=O)[C@@H](C)n1cncn1. The van der Waals surface area contributed by atoms with Crippen molar-refractivity contribution in [2.24, 2.45) is 0 Å². The van der Waals surface area contributed by atoms with Crippen molar-refractivity contribution < 1.29 is 14.3 Å². The molecule has 1 aromatic carbocycles. The van der Waals surface area contributed by atoms with Crippen LogP contribution in [0.2, 0.25) is 0 Å². The molecule has 0 saturated carbocycles. The van der Waals surface area contributed by atoms with Crippen LogP contribution in [0.15, 0.2) is 36.9 Å². The van der Waals surface area contributed by atoms with Crippen LogP contribution in [0.4, 0.5) is 0 Å². The zero-order valence-corrected chi connectivity index (χ0v) is 14.7. The molecule has 1 amide bonds. The number of carbonyl (C=O) groups is 1. The number of amides is 1. The molecule has 0 bridgehead atoms. The van der Waals surface area contributed by atoms with Gasteiger partial charge >= 0.3 is 0 Å². The van der Waals surface area contributed by atoms with E-state index in [1.165, 1.54) is 6.33 Å². The maximum atomic E-state index is 13.1. The number of methoxy groups -OCH3 is 1. The standard InChI is InChI=1S/C18H24N4O3/c1-14(22-13-19-12-20-22)18(23)21(11-16-7-5-9-25-16)10-15-6-3-4-8-17(15)24-2/h3-4,6,8,12-14,16H,5,7,9-11H2,1-2H3/t14-,16+/m1/s1. The highest BCUT2D eigenvalue weighted by Crippen LogP contribution is 2.23. The first-order valence-corrected chi connectivity index (χ1v) is 8.55. The van der Waals surface area contributed by atoms with Gasteiger partial charge in [0.05, 0.1) is 13.2 Å². The van der Waals surface area contributed by atoms with Crippen molar-refractivity contribution in [2.75, 3.05) is 20.3 Å². The average Bonchev–Trinajstić information content (AvgIpc) is 3.34. The molecule has 134 valence electrons. The van der Waals surface area contributed by atoms with Crippen LogP contribution in [0.1, 0.15) is 31.4 Å². The lowest BCUT2D eigenvalue weighted by Gasteiger charge is -2.28. The van der Waals surface area contributed by atoms with Crippen LogP contribution < -0.4 is 4.74 Å². The highest BCUT2D eigenvalue weighted by atomic mass is 16.5. The summed E-state index contributed by atoms with van der Waals surface area (Å²) < 4.78 is 12.7. The normalized spacial score (nSPS) is 18.1. The molecule has 7 heteroatoms. The molecule has 25 heavy (non-hydrogen) atoms. The molecular formula is C18H24N4O3. The van der Waals surface area contributed by atoms with Crippen molar-refractivity contribution in [2.45, 2.75) is 38.5 Å². The molecule has 0 radical (unpaired) electrons. The van der Waals surface area contributed by atoms with Crippen LogP contribution in [0.5, 0.6) is 5.75 Å². The third kappa shape index (κ3) is 4.17. The second-order valence-corrected chi connectivity index (χ2v) is 6.22. The minimum absolute atomic E-state index is 0.00749. The number of carbonyl (C=O) groups excluding carboxylic acids is 1. The Balaban J connectivity index is 1.79. The van der Waals surface area contributed by atoms with Gasteiger partial charge in [0.15, 0.2) is 0 Å². The van der Waals surface area contributed by atoms with Crippen LogP contribution in [-0.4, -0.2) is 51.9 Å². The van der Waals surface area contributed by atoms with Crippen molar-refractivity contribution in [1.82, 2.24) is 19.7 Å². The highest BCUT2D eigenvalue weighted by molar-refractivity contribution is 5.80. The summed E-state index contributed by atoms with van der Waals surface area (Å²) in [5.41, 5.74) is 0.974. The zero-order valence-electron chi connectivity index (χ0n) is 14.7. The molecule has 1 saturated heterocycles. The van der Waals surface area contributed by atoms with Gasteiger partial charge in [-0.25, -0.2) is 9.67 Å². The Morgan fingerprint density at radius 3 is 3.00 bits per heavy atom. The number of ether oxygens (including phenoxy) is 2. The molecule has 1 aliphatic heterocycles. The molecule has 2 aromatic rings. The van der Waals surface area contributed by atoms with Crippen molar-refractivity contribution in [1.29, 1.82) is 0 Å². The lowest BCUT2D eigenvalue weighted by atomic mass is 10.1. The molecule has 2 atom stereocenters. The predicted octanol–water partition coefficient (Wildman–Crippen LogP) is 2.06. The van der Waals surface area contributed by atoms with Gasteiger partial charge in [-0.15, -0.1) is 0 Å². The first kappa shape index (κ1) is 17.4. The fraction of sp³-hybridized carbons (Fsp3) is 0.500. The molecular weight excluding hydrogens is 320 g/mol. The van der Waals surface area contributed by atoms with Crippen LogP contribution in [0.25, 0.3) is 0 Å². The third-order valence-corrected chi connectivity index (χ3v) is 4.50. The summed E-state index contributed by atoms with van der Waals surface area (Å²) in [5.74, 6) is 0.771. The Bertz CT molecular complexity index is 683. The molecule has 3 rings (SSSR count). The number of nitrogens with zero attached hydrogens (tertiary/aromatic N) is 4. The molecule has 0 aliphatic carbocycles. The third-order valence-electron chi connectivity index (χ3n) is 4.50. The Labute approximate surface area is 147 Å². The van der Waals surface area contributed by atoms with E-state index in [1.54, 1.807) is 18.1 Å². The molecule has 0 unspecified atom stereocenters. The number of para-hydroxylation sites is 1. The fourth-order valence-electron chi connectivity index (χ4n) is 3.10. The average molecular weight is 344 g/mol. The first-order valence-electron chi connectivity index (χ1n) is 8.55. The largest absolute Gasteiger partial charge is 0.496 e. The van der Waals surface area contributed by atoms with E-state index in [4.69, 9.17) is 9.47 Å². The van der Waals surface area contributed by atoms with Crippen LogP contribution in [0.3, 0.4) is 0 Å². The van der Waals surface area contributed by atoms with Crippen LogP contribution in [-0.2, 0) is 16.1 Å². The number of hydrogen-bond acceptors (Lipinski definition) is 5. The Kier molecular flexibility index (Phi) is 5.65. The first-order chi connectivity index (χ1) is 12.2. The molecule has 1 fully saturated rings. The summed E-state index contributed by atoms with van der Waals surface area (Å²) in [6, 6.07) is 7.35. The van der Waals surface area contributed by atoms with Crippen molar-refractivity contribution in [3.05, 3.63) is 42.5 Å². The summed E-state index contributed by atoms with van der Waals surface area (Å²) in [6.45, 7) is 3.64. The highest BCUT2D eigenvalue weighted by Gasteiger charge is 2.27. The fourth-order valence-corrected chi connectivity index (χ4v) is 3.10. The van der Waals surface area contributed by atoms with Gasteiger partial charge in [-0.1, -0.05) is 18.2 Å². The van der Waals surface area contributed by atoms with Gasteiger partial charge in [0, 0.05) is 25.3 Å². The van der Waals surface area contributed by atoms with E-state index in [9.17, 15) is 4.79 Å². The topological polar surface area (TPSA) is 69.5 Å². The van der Waals surface area contributed by atoms with E-state index >= 15 is 0 Å². The van der Waals surface area contributed by atoms with Gasteiger partial charge in [-0.2, -0.15) is 5.10 Å². The van der Waals surface area contributed by atoms with E-state index in [2.05, 4.69) is 10.1 Å². The van der Waals surface area contributed by atoms with E-state index in [0.29, 0.717) is 13.1 Å². The Morgan fingerprint density at radius 1 is 1.48 bits per heavy atom. The van der Waals surface area contributed by atoms with Gasteiger partial charge in [0.2, 0.25) is 5.91 Å². The van der Waals surface area contributed by atoms with Gasteiger partial charge in [0.25, 0.3) is 0 Å². The summed E-state index contributed by atoms with van der Waals surface area (Å²) >= 11 is 0. The van der Waals surface area contributed by atoms with Gasteiger partial charge < -0.3 is 14.4 Å². The van der Waals surface area contributed by atoms with Gasteiger partial charge in [-0.05, 0) is 25.8 Å². The minimum Gasteiger partial charge on any atom is -0.496 e. The Hall–Kier alpha value is -2.41. The summed E-state index contributed by atoms with van der Waals surface area (Å²) in [7, 11) is 1.64.